The lowest BCUT2D eigenvalue weighted by atomic mass is 10.0. The summed E-state index contributed by atoms with van der Waals surface area (Å²) in [7, 11) is 1.28. The van der Waals surface area contributed by atoms with Gasteiger partial charge in [-0.25, -0.2) is 4.79 Å². The second kappa shape index (κ2) is 5.44. The Morgan fingerprint density at radius 1 is 1.42 bits per heavy atom. The molecule has 0 radical (unpaired) electrons. The third kappa shape index (κ3) is 2.49. The van der Waals surface area contributed by atoms with Crippen molar-refractivity contribution >= 4 is 38.8 Å². The van der Waals surface area contributed by atoms with E-state index in [-0.39, 0.29) is 11.3 Å². The van der Waals surface area contributed by atoms with Gasteiger partial charge in [-0.3, -0.25) is 4.79 Å². The van der Waals surface area contributed by atoms with Crippen LogP contribution in [-0.2, 0) is 14.9 Å². The maximum atomic E-state index is 11.9. The van der Waals surface area contributed by atoms with Crippen molar-refractivity contribution in [2.24, 2.45) is 0 Å². The average Bonchev–Trinajstić information content (AvgIpc) is 2.84. The first kappa shape index (κ1) is 13.6. The lowest BCUT2D eigenvalue weighted by molar-refractivity contribution is -0.131. The largest absolute Gasteiger partial charge is 0.465 e. The van der Waals surface area contributed by atoms with Crippen molar-refractivity contribution in [1.82, 2.24) is 0 Å². The van der Waals surface area contributed by atoms with Gasteiger partial charge in [-0.05, 0) is 17.7 Å². The van der Waals surface area contributed by atoms with Crippen LogP contribution in [0.5, 0.6) is 5.75 Å². The van der Waals surface area contributed by atoms with E-state index in [1.165, 1.54) is 20.3 Å². The number of alkyl halides is 1. The van der Waals surface area contributed by atoms with Gasteiger partial charge in [0, 0.05) is 12.3 Å². The molecule has 0 aliphatic heterocycles. The molecule has 0 N–H and O–H groups in total. The third-order valence-electron chi connectivity index (χ3n) is 2.57. The number of rotatable bonds is 3. The number of esters is 2. The number of carbonyl (C=O) groups is 2. The summed E-state index contributed by atoms with van der Waals surface area (Å²) in [4.78, 5) is 23.1. The first-order valence-corrected chi connectivity index (χ1v) is 6.56. The number of hydrogen-bond donors (Lipinski definition) is 0. The summed E-state index contributed by atoms with van der Waals surface area (Å²) in [5.74, 6) is -0.909. The first-order chi connectivity index (χ1) is 9.08. The van der Waals surface area contributed by atoms with Crippen LogP contribution >= 0.6 is 15.9 Å². The second-order valence-corrected chi connectivity index (χ2v) is 4.35. The van der Waals surface area contributed by atoms with Gasteiger partial charge < -0.3 is 13.9 Å². The Morgan fingerprint density at radius 3 is 2.74 bits per heavy atom. The van der Waals surface area contributed by atoms with Crippen molar-refractivity contribution in [2.45, 2.75) is 12.3 Å². The molecule has 0 saturated carbocycles. The summed E-state index contributed by atoms with van der Waals surface area (Å²) in [6.07, 6.45) is 1.47. The normalized spacial score (nSPS) is 10.5. The van der Waals surface area contributed by atoms with Gasteiger partial charge in [0.25, 0.3) is 0 Å². The molecular formula is C13H11BrO5. The fourth-order valence-corrected chi connectivity index (χ4v) is 2.25. The van der Waals surface area contributed by atoms with Crippen molar-refractivity contribution in [3.05, 3.63) is 29.5 Å². The van der Waals surface area contributed by atoms with E-state index in [0.717, 1.165) is 0 Å². The van der Waals surface area contributed by atoms with Crippen molar-refractivity contribution in [1.29, 1.82) is 0 Å². The molecule has 100 valence electrons. The zero-order valence-electron chi connectivity index (χ0n) is 10.4. The number of furan rings is 1. The van der Waals surface area contributed by atoms with Crippen molar-refractivity contribution < 1.29 is 23.5 Å². The highest BCUT2D eigenvalue weighted by Gasteiger charge is 2.23. The average molecular weight is 327 g/mol. The molecule has 1 heterocycles. The van der Waals surface area contributed by atoms with Gasteiger partial charge in [-0.15, -0.1) is 0 Å². The van der Waals surface area contributed by atoms with E-state index < -0.39 is 11.9 Å². The summed E-state index contributed by atoms with van der Waals surface area (Å²) in [5.41, 5.74) is 1.40. The van der Waals surface area contributed by atoms with E-state index in [1.807, 2.05) is 0 Å². The molecule has 1 aromatic heterocycles. The van der Waals surface area contributed by atoms with Crippen molar-refractivity contribution in [3.8, 4) is 5.75 Å². The van der Waals surface area contributed by atoms with Crippen LogP contribution in [0.15, 0.2) is 22.8 Å². The molecule has 6 heteroatoms. The maximum Gasteiger partial charge on any atom is 0.342 e. The van der Waals surface area contributed by atoms with Gasteiger partial charge in [0.2, 0.25) is 0 Å². The SMILES string of the molecule is COC(=O)c1c(CBr)cc2occc2c1OC(C)=O. The monoisotopic (exact) mass is 326 g/mol. The van der Waals surface area contributed by atoms with Crippen LogP contribution in [0.25, 0.3) is 11.0 Å². The van der Waals surface area contributed by atoms with E-state index in [1.54, 1.807) is 12.1 Å². The highest BCUT2D eigenvalue weighted by atomic mass is 79.9. The molecule has 0 fully saturated rings. The minimum atomic E-state index is -0.561. The van der Waals surface area contributed by atoms with Gasteiger partial charge in [0.15, 0.2) is 5.75 Å². The lowest BCUT2D eigenvalue weighted by Gasteiger charge is -2.12. The van der Waals surface area contributed by atoms with Gasteiger partial charge in [0.1, 0.15) is 11.1 Å². The van der Waals surface area contributed by atoms with Gasteiger partial charge in [-0.1, -0.05) is 15.9 Å². The van der Waals surface area contributed by atoms with Crippen LogP contribution in [0.2, 0.25) is 0 Å². The summed E-state index contributed by atoms with van der Waals surface area (Å²) >= 11 is 3.29. The highest BCUT2D eigenvalue weighted by molar-refractivity contribution is 9.08. The zero-order valence-corrected chi connectivity index (χ0v) is 11.9. The van der Waals surface area contributed by atoms with Crippen LogP contribution in [0, 0.1) is 0 Å². The Labute approximate surface area is 117 Å². The summed E-state index contributed by atoms with van der Waals surface area (Å²) in [5, 5.41) is 0.961. The molecule has 0 atom stereocenters. The van der Waals surface area contributed by atoms with E-state index >= 15 is 0 Å². The van der Waals surface area contributed by atoms with Crippen LogP contribution in [-0.4, -0.2) is 19.0 Å². The summed E-state index contributed by atoms with van der Waals surface area (Å²) in [6.45, 7) is 1.27. The van der Waals surface area contributed by atoms with Gasteiger partial charge in [-0.2, -0.15) is 0 Å². The number of carbonyl (C=O) groups excluding carboxylic acids is 2. The zero-order chi connectivity index (χ0) is 14.0. The Kier molecular flexibility index (Phi) is 3.90. The number of ether oxygens (including phenoxy) is 2. The maximum absolute atomic E-state index is 11.9. The minimum absolute atomic E-state index is 0.167. The molecule has 0 unspecified atom stereocenters. The molecule has 5 nitrogen and oxygen atoms in total. The van der Waals surface area contributed by atoms with E-state index in [9.17, 15) is 9.59 Å². The molecule has 0 bridgehead atoms. The highest BCUT2D eigenvalue weighted by Crippen LogP contribution is 2.35. The van der Waals surface area contributed by atoms with Crippen LogP contribution < -0.4 is 4.74 Å². The molecule has 0 aliphatic rings. The molecule has 19 heavy (non-hydrogen) atoms. The number of benzene rings is 1. The molecular weight excluding hydrogens is 316 g/mol. The molecule has 2 rings (SSSR count). The molecule has 0 saturated heterocycles. The predicted molar refractivity (Wildman–Crippen MR) is 71.5 cm³/mol. The third-order valence-corrected chi connectivity index (χ3v) is 3.18. The minimum Gasteiger partial charge on any atom is -0.465 e. The number of hydrogen-bond acceptors (Lipinski definition) is 5. The summed E-state index contributed by atoms with van der Waals surface area (Å²) in [6, 6.07) is 3.35. The first-order valence-electron chi connectivity index (χ1n) is 5.44. The molecule has 0 aliphatic carbocycles. The Bertz CT molecular complexity index is 644. The van der Waals surface area contributed by atoms with Gasteiger partial charge >= 0.3 is 11.9 Å². The van der Waals surface area contributed by atoms with Crippen LogP contribution in [0.1, 0.15) is 22.8 Å². The van der Waals surface area contributed by atoms with E-state index in [4.69, 9.17) is 13.9 Å². The number of halogens is 1. The molecule has 0 spiro atoms. The Morgan fingerprint density at radius 2 is 2.16 bits per heavy atom. The predicted octanol–water partition coefficient (Wildman–Crippen LogP) is 3.04. The molecule has 2 aromatic rings. The quantitative estimate of drug-likeness (QED) is 0.492. The standard InChI is InChI=1S/C13H11BrO5/c1-7(15)19-12-9-3-4-18-10(9)5-8(6-14)11(12)13(16)17-2/h3-5H,6H2,1-2H3. The second-order valence-electron chi connectivity index (χ2n) is 3.79. The van der Waals surface area contributed by atoms with E-state index in [0.29, 0.717) is 21.9 Å². The smallest absolute Gasteiger partial charge is 0.342 e. The fourth-order valence-electron chi connectivity index (χ4n) is 1.81. The molecule has 1 aromatic carbocycles. The van der Waals surface area contributed by atoms with Crippen molar-refractivity contribution in [2.75, 3.05) is 7.11 Å². The number of fused-ring (bicyclic) bond motifs is 1. The Hall–Kier alpha value is -1.82. The topological polar surface area (TPSA) is 65.7 Å². The van der Waals surface area contributed by atoms with Crippen LogP contribution in [0.4, 0.5) is 0 Å². The number of methoxy groups -OCH3 is 1. The summed E-state index contributed by atoms with van der Waals surface area (Å²) < 4.78 is 15.2. The van der Waals surface area contributed by atoms with Crippen LogP contribution in [0.3, 0.4) is 0 Å². The lowest BCUT2D eigenvalue weighted by Crippen LogP contribution is -2.11. The van der Waals surface area contributed by atoms with Gasteiger partial charge in [0.05, 0.1) is 18.8 Å². The molecule has 0 amide bonds. The van der Waals surface area contributed by atoms with E-state index in [2.05, 4.69) is 15.9 Å². The Balaban J connectivity index is 2.78. The fraction of sp³-hybridized carbons (Fsp3) is 0.231. The van der Waals surface area contributed by atoms with Crippen molar-refractivity contribution in [3.63, 3.8) is 0 Å².